The molecule has 0 aliphatic heterocycles. The maximum Gasteiger partial charge on any atom is 0.242 e. The molecule has 1 heterocycles. The second-order valence-electron chi connectivity index (χ2n) is 4.53. The van der Waals surface area contributed by atoms with Gasteiger partial charge in [0, 0.05) is 12.2 Å². The number of hydrogen-bond acceptors (Lipinski definition) is 4. The number of sulfonamides is 1. The van der Waals surface area contributed by atoms with Crippen molar-refractivity contribution >= 4 is 10.0 Å². The summed E-state index contributed by atoms with van der Waals surface area (Å²) in [5.41, 5.74) is 0.886. The zero-order valence-corrected chi connectivity index (χ0v) is 11.9. The van der Waals surface area contributed by atoms with Crippen LogP contribution in [0.3, 0.4) is 0 Å². The summed E-state index contributed by atoms with van der Waals surface area (Å²) in [6.45, 7) is -0.364. The number of halogens is 1. The van der Waals surface area contributed by atoms with E-state index in [4.69, 9.17) is 0 Å². The van der Waals surface area contributed by atoms with Gasteiger partial charge in [0.2, 0.25) is 10.0 Å². The fraction of sp³-hybridized carbons (Fsp3) is 0.214. The maximum atomic E-state index is 13.1. The Morgan fingerprint density at radius 3 is 2.57 bits per heavy atom. The molecule has 0 radical (unpaired) electrons. The molecule has 0 amide bonds. The van der Waals surface area contributed by atoms with Crippen molar-refractivity contribution in [2.75, 3.05) is 6.61 Å². The van der Waals surface area contributed by atoms with Gasteiger partial charge in [-0.2, -0.15) is 0 Å². The summed E-state index contributed by atoms with van der Waals surface area (Å²) in [5.74, 6) is -0.735. The molecule has 21 heavy (non-hydrogen) atoms. The van der Waals surface area contributed by atoms with Crippen LogP contribution in [-0.4, -0.2) is 31.2 Å². The lowest BCUT2D eigenvalue weighted by Gasteiger charge is -2.16. The number of benzene rings is 1. The van der Waals surface area contributed by atoms with Crippen molar-refractivity contribution in [1.82, 2.24) is 9.71 Å². The van der Waals surface area contributed by atoms with Gasteiger partial charge < -0.3 is 5.11 Å². The highest BCUT2D eigenvalue weighted by molar-refractivity contribution is 7.89. The molecule has 5 nitrogen and oxygen atoms in total. The lowest BCUT2D eigenvalue weighted by Crippen LogP contribution is -2.39. The summed E-state index contributed by atoms with van der Waals surface area (Å²) in [4.78, 5) is 3.24. The van der Waals surface area contributed by atoms with E-state index in [0.29, 0.717) is 6.42 Å². The lowest BCUT2D eigenvalue weighted by atomic mass is 10.1. The molecule has 0 saturated carbocycles. The number of nitrogens with zero attached hydrogens (tertiary/aromatic N) is 1. The number of aromatic nitrogens is 1. The van der Waals surface area contributed by atoms with Gasteiger partial charge in [0.15, 0.2) is 0 Å². The second-order valence-corrected chi connectivity index (χ2v) is 6.24. The van der Waals surface area contributed by atoms with Crippen molar-refractivity contribution < 1.29 is 17.9 Å². The average Bonchev–Trinajstić information content (AvgIpc) is 2.47. The van der Waals surface area contributed by atoms with Gasteiger partial charge >= 0.3 is 0 Å². The normalized spacial score (nSPS) is 13.0. The molecule has 0 bridgehead atoms. The topological polar surface area (TPSA) is 79.3 Å². The summed E-state index contributed by atoms with van der Waals surface area (Å²) in [6.07, 6.45) is 2.31. The number of aliphatic hydroxyl groups excluding tert-OH is 1. The minimum Gasteiger partial charge on any atom is -0.395 e. The number of nitrogens with one attached hydrogen (secondary N) is 1. The Balaban J connectivity index is 2.14. The van der Waals surface area contributed by atoms with Crippen LogP contribution in [0.1, 0.15) is 5.56 Å². The Bertz CT molecular complexity index is 692. The number of rotatable bonds is 6. The SMILES string of the molecule is O=S(=O)(NC(CO)Cc1ccccc1)c1cncc(F)c1. The van der Waals surface area contributed by atoms with E-state index >= 15 is 0 Å². The van der Waals surface area contributed by atoms with Crippen LogP contribution in [0, 0.1) is 5.82 Å². The van der Waals surface area contributed by atoms with Gasteiger partial charge in [-0.1, -0.05) is 30.3 Å². The van der Waals surface area contributed by atoms with Gasteiger partial charge in [0.25, 0.3) is 0 Å². The second kappa shape index (κ2) is 6.75. The molecule has 2 N–H and O–H groups in total. The van der Waals surface area contributed by atoms with Crippen molar-refractivity contribution in [3.63, 3.8) is 0 Å². The largest absolute Gasteiger partial charge is 0.395 e. The number of pyridine rings is 1. The first-order chi connectivity index (χ1) is 10.0. The Hall–Kier alpha value is -1.83. The van der Waals surface area contributed by atoms with Crippen molar-refractivity contribution in [3.05, 3.63) is 60.2 Å². The fourth-order valence-electron chi connectivity index (χ4n) is 1.87. The summed E-state index contributed by atoms with van der Waals surface area (Å²) < 4.78 is 39.6. The van der Waals surface area contributed by atoms with Gasteiger partial charge in [-0.3, -0.25) is 4.98 Å². The smallest absolute Gasteiger partial charge is 0.242 e. The van der Waals surface area contributed by atoms with Crippen LogP contribution in [0.25, 0.3) is 0 Å². The number of hydrogen-bond donors (Lipinski definition) is 2. The van der Waals surface area contributed by atoms with Crippen LogP contribution in [-0.2, 0) is 16.4 Å². The first kappa shape index (κ1) is 15.6. The molecule has 1 aromatic heterocycles. The molecular weight excluding hydrogens is 295 g/mol. The van der Waals surface area contributed by atoms with E-state index in [1.165, 1.54) is 0 Å². The Morgan fingerprint density at radius 2 is 1.95 bits per heavy atom. The fourth-order valence-corrected chi connectivity index (χ4v) is 3.07. The molecule has 1 unspecified atom stereocenters. The number of aliphatic hydroxyl groups is 1. The molecule has 7 heteroatoms. The van der Waals surface area contributed by atoms with E-state index in [0.717, 1.165) is 24.0 Å². The van der Waals surface area contributed by atoms with Crippen LogP contribution < -0.4 is 4.72 Å². The molecule has 112 valence electrons. The Morgan fingerprint density at radius 1 is 1.24 bits per heavy atom. The summed E-state index contributed by atoms with van der Waals surface area (Å²) >= 11 is 0. The summed E-state index contributed by atoms with van der Waals surface area (Å²) in [5, 5.41) is 9.34. The first-order valence-electron chi connectivity index (χ1n) is 6.29. The predicted molar refractivity (Wildman–Crippen MR) is 75.5 cm³/mol. The van der Waals surface area contributed by atoms with Crippen LogP contribution in [0.4, 0.5) is 4.39 Å². The minimum absolute atomic E-state index is 0.269. The molecular formula is C14H15FN2O3S. The predicted octanol–water partition coefficient (Wildman–Crippen LogP) is 1.10. The molecule has 2 aromatic rings. The van der Waals surface area contributed by atoms with Crippen LogP contribution in [0.2, 0.25) is 0 Å². The Kier molecular flexibility index (Phi) is 5.00. The molecule has 0 spiro atoms. The van der Waals surface area contributed by atoms with Crippen LogP contribution in [0.15, 0.2) is 53.7 Å². The molecule has 2 rings (SSSR count). The van der Waals surface area contributed by atoms with E-state index in [-0.39, 0.29) is 11.5 Å². The third-order valence-electron chi connectivity index (χ3n) is 2.86. The van der Waals surface area contributed by atoms with E-state index in [9.17, 15) is 17.9 Å². The van der Waals surface area contributed by atoms with E-state index in [1.54, 1.807) is 0 Å². The monoisotopic (exact) mass is 310 g/mol. The highest BCUT2D eigenvalue weighted by atomic mass is 32.2. The van der Waals surface area contributed by atoms with Gasteiger partial charge in [-0.05, 0) is 18.1 Å². The van der Waals surface area contributed by atoms with Gasteiger partial charge in [-0.15, -0.1) is 0 Å². The molecule has 0 fully saturated rings. The maximum absolute atomic E-state index is 13.1. The van der Waals surface area contributed by atoms with Crippen LogP contribution in [0.5, 0.6) is 0 Å². The van der Waals surface area contributed by atoms with E-state index in [2.05, 4.69) is 9.71 Å². The molecule has 1 aromatic carbocycles. The minimum atomic E-state index is -3.93. The average molecular weight is 310 g/mol. The first-order valence-corrected chi connectivity index (χ1v) is 7.77. The highest BCUT2D eigenvalue weighted by Gasteiger charge is 2.20. The quantitative estimate of drug-likeness (QED) is 0.837. The van der Waals surface area contributed by atoms with Crippen molar-refractivity contribution in [1.29, 1.82) is 0 Å². The standard InChI is InChI=1S/C14H15FN2O3S/c15-12-7-14(9-16-8-12)21(19,20)17-13(10-18)6-11-4-2-1-3-5-11/h1-5,7-9,13,17-18H,6,10H2. The molecule has 1 atom stereocenters. The van der Waals surface area contributed by atoms with Gasteiger partial charge in [0.05, 0.1) is 12.8 Å². The molecule has 0 aliphatic rings. The van der Waals surface area contributed by atoms with Crippen molar-refractivity contribution in [3.8, 4) is 0 Å². The molecule has 0 saturated heterocycles. The van der Waals surface area contributed by atoms with Crippen molar-refractivity contribution in [2.24, 2.45) is 0 Å². The zero-order valence-electron chi connectivity index (χ0n) is 11.1. The van der Waals surface area contributed by atoms with Crippen LogP contribution >= 0.6 is 0 Å². The lowest BCUT2D eigenvalue weighted by molar-refractivity contribution is 0.256. The van der Waals surface area contributed by atoms with E-state index < -0.39 is 21.9 Å². The Labute approximate surface area is 122 Å². The summed E-state index contributed by atoms with van der Waals surface area (Å²) in [6, 6.07) is 9.36. The third kappa shape index (κ3) is 4.32. The van der Waals surface area contributed by atoms with E-state index in [1.807, 2.05) is 30.3 Å². The summed E-state index contributed by atoms with van der Waals surface area (Å²) in [7, 11) is -3.93. The van der Waals surface area contributed by atoms with Gasteiger partial charge in [-0.25, -0.2) is 17.5 Å². The molecule has 0 aliphatic carbocycles. The highest BCUT2D eigenvalue weighted by Crippen LogP contribution is 2.11. The zero-order chi connectivity index (χ0) is 15.3. The third-order valence-corrected chi connectivity index (χ3v) is 4.34. The van der Waals surface area contributed by atoms with Crippen molar-refractivity contribution in [2.45, 2.75) is 17.4 Å². The van der Waals surface area contributed by atoms with Gasteiger partial charge in [0.1, 0.15) is 10.7 Å².